The Morgan fingerprint density at radius 1 is 1.30 bits per heavy atom. The molecule has 3 rings (SSSR count). The second kappa shape index (κ2) is 4.72. The van der Waals surface area contributed by atoms with Crippen LogP contribution in [0.15, 0.2) is 18.2 Å². The molecule has 1 aromatic carbocycles. The molecule has 2 heterocycles. The summed E-state index contributed by atoms with van der Waals surface area (Å²) in [5, 5.41) is 5.89. The van der Waals surface area contributed by atoms with E-state index in [0.29, 0.717) is 16.8 Å². The van der Waals surface area contributed by atoms with Crippen molar-refractivity contribution in [1.29, 1.82) is 0 Å². The molecule has 1 fully saturated rings. The van der Waals surface area contributed by atoms with Crippen LogP contribution in [0, 0.1) is 0 Å². The molecule has 20 heavy (non-hydrogen) atoms. The number of carbonyl (C=O) groups is 3. The van der Waals surface area contributed by atoms with E-state index in [4.69, 9.17) is 0 Å². The fourth-order valence-corrected chi connectivity index (χ4v) is 2.58. The van der Waals surface area contributed by atoms with Crippen molar-refractivity contribution in [3.05, 3.63) is 29.3 Å². The van der Waals surface area contributed by atoms with Gasteiger partial charge in [-0.1, -0.05) is 0 Å². The number of imide groups is 1. The van der Waals surface area contributed by atoms with E-state index in [2.05, 4.69) is 10.6 Å². The van der Waals surface area contributed by atoms with Gasteiger partial charge in [-0.3, -0.25) is 19.3 Å². The minimum Gasteiger partial charge on any atom is -0.325 e. The fourth-order valence-electron chi connectivity index (χ4n) is 2.58. The van der Waals surface area contributed by atoms with Crippen LogP contribution in [-0.4, -0.2) is 42.3 Å². The van der Waals surface area contributed by atoms with Crippen molar-refractivity contribution in [2.75, 3.05) is 18.9 Å². The molecule has 0 bridgehead atoms. The van der Waals surface area contributed by atoms with Gasteiger partial charge in [0, 0.05) is 12.7 Å². The van der Waals surface area contributed by atoms with E-state index in [1.807, 2.05) is 0 Å². The van der Waals surface area contributed by atoms with Crippen molar-refractivity contribution >= 4 is 23.4 Å². The molecule has 2 aliphatic heterocycles. The van der Waals surface area contributed by atoms with Crippen molar-refractivity contribution in [1.82, 2.24) is 10.2 Å². The van der Waals surface area contributed by atoms with Crippen LogP contribution in [0.2, 0.25) is 0 Å². The fraction of sp³-hybridized carbons (Fsp3) is 0.357. The van der Waals surface area contributed by atoms with Crippen LogP contribution < -0.4 is 10.6 Å². The second-order valence-corrected chi connectivity index (χ2v) is 5.07. The number of carbonyl (C=O) groups excluding carboxylic acids is 3. The maximum absolute atomic E-state index is 12.0. The SMILES string of the molecule is CN1C(=O)c2ccc(NC(=O)[C@H]3CCCN3)cc2C1=O. The summed E-state index contributed by atoms with van der Waals surface area (Å²) in [5.41, 5.74) is 1.27. The Labute approximate surface area is 116 Å². The van der Waals surface area contributed by atoms with Crippen molar-refractivity contribution in [3.63, 3.8) is 0 Å². The van der Waals surface area contributed by atoms with Gasteiger partial charge < -0.3 is 10.6 Å². The zero-order valence-electron chi connectivity index (χ0n) is 11.1. The van der Waals surface area contributed by atoms with Crippen LogP contribution in [0.5, 0.6) is 0 Å². The molecular weight excluding hydrogens is 258 g/mol. The van der Waals surface area contributed by atoms with E-state index in [0.717, 1.165) is 24.3 Å². The van der Waals surface area contributed by atoms with Crippen LogP contribution in [0.3, 0.4) is 0 Å². The first-order valence-electron chi connectivity index (χ1n) is 6.58. The van der Waals surface area contributed by atoms with Crippen LogP contribution in [0.25, 0.3) is 0 Å². The van der Waals surface area contributed by atoms with E-state index in [-0.39, 0.29) is 23.8 Å². The first-order chi connectivity index (χ1) is 9.58. The minimum atomic E-state index is -0.333. The average Bonchev–Trinajstić information content (AvgIpc) is 3.04. The highest BCUT2D eigenvalue weighted by atomic mass is 16.2. The molecule has 1 atom stereocenters. The molecule has 6 heteroatoms. The van der Waals surface area contributed by atoms with Gasteiger partial charge in [0.2, 0.25) is 5.91 Å². The lowest BCUT2D eigenvalue weighted by atomic mass is 10.1. The molecule has 0 saturated carbocycles. The highest BCUT2D eigenvalue weighted by Gasteiger charge is 2.33. The number of nitrogens with zero attached hydrogens (tertiary/aromatic N) is 1. The number of anilines is 1. The number of fused-ring (bicyclic) bond motifs is 1. The Balaban J connectivity index is 1.81. The van der Waals surface area contributed by atoms with Gasteiger partial charge in [-0.05, 0) is 37.6 Å². The van der Waals surface area contributed by atoms with Crippen molar-refractivity contribution in [2.24, 2.45) is 0 Å². The monoisotopic (exact) mass is 273 g/mol. The van der Waals surface area contributed by atoms with Crippen molar-refractivity contribution < 1.29 is 14.4 Å². The number of benzene rings is 1. The Bertz CT molecular complexity index is 606. The third-order valence-corrected chi connectivity index (χ3v) is 3.73. The molecule has 1 saturated heterocycles. The Morgan fingerprint density at radius 3 is 2.75 bits per heavy atom. The highest BCUT2D eigenvalue weighted by molar-refractivity contribution is 6.21. The third-order valence-electron chi connectivity index (χ3n) is 3.73. The average molecular weight is 273 g/mol. The number of nitrogens with one attached hydrogen (secondary N) is 2. The van der Waals surface area contributed by atoms with E-state index in [9.17, 15) is 14.4 Å². The molecule has 0 spiro atoms. The summed E-state index contributed by atoms with van der Waals surface area (Å²) in [4.78, 5) is 36.7. The Morgan fingerprint density at radius 2 is 2.05 bits per heavy atom. The molecule has 104 valence electrons. The van der Waals surface area contributed by atoms with Gasteiger partial charge in [-0.15, -0.1) is 0 Å². The topological polar surface area (TPSA) is 78.5 Å². The molecule has 2 aliphatic rings. The van der Waals surface area contributed by atoms with Crippen LogP contribution >= 0.6 is 0 Å². The molecule has 1 aromatic rings. The first kappa shape index (κ1) is 12.8. The summed E-state index contributed by atoms with van der Waals surface area (Å²) in [5.74, 6) is -0.743. The molecule has 0 radical (unpaired) electrons. The van der Waals surface area contributed by atoms with E-state index >= 15 is 0 Å². The number of amides is 3. The summed E-state index contributed by atoms with van der Waals surface area (Å²) in [6.07, 6.45) is 1.80. The summed E-state index contributed by atoms with van der Waals surface area (Å²) in [7, 11) is 1.45. The normalized spacial score (nSPS) is 21.2. The standard InChI is InChI=1S/C14H15N3O3/c1-17-13(19)9-5-4-8(7-10(9)14(17)20)16-12(18)11-3-2-6-15-11/h4-5,7,11,15H,2-3,6H2,1H3,(H,16,18)/t11-/m1/s1. The highest BCUT2D eigenvalue weighted by Crippen LogP contribution is 2.25. The predicted molar refractivity (Wildman–Crippen MR) is 72.5 cm³/mol. The number of hydrogen-bond donors (Lipinski definition) is 2. The maximum Gasteiger partial charge on any atom is 0.261 e. The summed E-state index contributed by atoms with van der Waals surface area (Å²) in [6.45, 7) is 0.847. The molecule has 0 unspecified atom stereocenters. The summed E-state index contributed by atoms with van der Waals surface area (Å²) >= 11 is 0. The number of rotatable bonds is 2. The van der Waals surface area contributed by atoms with E-state index in [1.165, 1.54) is 7.05 Å². The van der Waals surface area contributed by atoms with Gasteiger partial charge in [-0.2, -0.15) is 0 Å². The summed E-state index contributed by atoms with van der Waals surface area (Å²) in [6, 6.07) is 4.61. The lowest BCUT2D eigenvalue weighted by molar-refractivity contribution is -0.117. The van der Waals surface area contributed by atoms with Crippen LogP contribution in [0.4, 0.5) is 5.69 Å². The molecular formula is C14H15N3O3. The van der Waals surface area contributed by atoms with E-state index < -0.39 is 0 Å². The van der Waals surface area contributed by atoms with Crippen molar-refractivity contribution in [2.45, 2.75) is 18.9 Å². The van der Waals surface area contributed by atoms with Crippen LogP contribution in [0.1, 0.15) is 33.6 Å². The van der Waals surface area contributed by atoms with E-state index in [1.54, 1.807) is 18.2 Å². The lowest BCUT2D eigenvalue weighted by Gasteiger charge is -2.11. The molecule has 2 N–H and O–H groups in total. The van der Waals surface area contributed by atoms with Gasteiger partial charge in [0.1, 0.15) is 0 Å². The van der Waals surface area contributed by atoms with Gasteiger partial charge in [0.15, 0.2) is 0 Å². The van der Waals surface area contributed by atoms with Gasteiger partial charge in [0.05, 0.1) is 17.2 Å². The Hall–Kier alpha value is -2.21. The zero-order chi connectivity index (χ0) is 14.3. The first-order valence-corrected chi connectivity index (χ1v) is 6.58. The molecule has 0 aromatic heterocycles. The molecule has 6 nitrogen and oxygen atoms in total. The summed E-state index contributed by atoms with van der Waals surface area (Å²) < 4.78 is 0. The minimum absolute atomic E-state index is 0.104. The van der Waals surface area contributed by atoms with Gasteiger partial charge in [-0.25, -0.2) is 0 Å². The lowest BCUT2D eigenvalue weighted by Crippen LogP contribution is -2.35. The largest absolute Gasteiger partial charge is 0.325 e. The van der Waals surface area contributed by atoms with Crippen LogP contribution in [-0.2, 0) is 4.79 Å². The van der Waals surface area contributed by atoms with Gasteiger partial charge in [0.25, 0.3) is 11.8 Å². The predicted octanol–water partition coefficient (Wildman–Crippen LogP) is 0.603. The quantitative estimate of drug-likeness (QED) is 0.774. The number of hydrogen-bond acceptors (Lipinski definition) is 4. The third kappa shape index (κ3) is 1.98. The Kier molecular flexibility index (Phi) is 3.02. The zero-order valence-corrected chi connectivity index (χ0v) is 11.1. The molecule has 0 aliphatic carbocycles. The maximum atomic E-state index is 12.0. The van der Waals surface area contributed by atoms with Gasteiger partial charge >= 0.3 is 0 Å². The van der Waals surface area contributed by atoms with Crippen molar-refractivity contribution in [3.8, 4) is 0 Å². The second-order valence-electron chi connectivity index (χ2n) is 5.07. The molecule has 3 amide bonds. The smallest absolute Gasteiger partial charge is 0.261 e.